The van der Waals surface area contributed by atoms with Crippen LogP contribution in [0.4, 0.5) is 5.82 Å². The van der Waals surface area contributed by atoms with Crippen LogP contribution in [-0.4, -0.2) is 21.7 Å². The number of thiophene rings is 1. The van der Waals surface area contributed by atoms with Crippen LogP contribution in [0.15, 0.2) is 53.2 Å². The summed E-state index contributed by atoms with van der Waals surface area (Å²) in [6.07, 6.45) is 6.41. The zero-order chi connectivity index (χ0) is 18.5. The SMILES string of the molecule is C=NC=C(C=CC)Cc1cc2c(N)nc(-c3cccc(C#N)n3)nc2s1. The number of nitrogens with zero attached hydrogens (tertiary/aromatic N) is 5. The Balaban J connectivity index is 2.02. The minimum Gasteiger partial charge on any atom is -0.383 e. The van der Waals surface area contributed by atoms with E-state index < -0.39 is 0 Å². The van der Waals surface area contributed by atoms with E-state index >= 15 is 0 Å². The van der Waals surface area contributed by atoms with Gasteiger partial charge < -0.3 is 5.73 Å². The van der Waals surface area contributed by atoms with Crippen LogP contribution in [0.2, 0.25) is 0 Å². The smallest absolute Gasteiger partial charge is 0.181 e. The molecule has 2 N–H and O–H groups in total. The molecule has 0 fully saturated rings. The van der Waals surface area contributed by atoms with Crippen LogP contribution >= 0.6 is 11.3 Å². The first-order valence-electron chi connectivity index (χ1n) is 7.85. The highest BCUT2D eigenvalue weighted by Crippen LogP contribution is 2.31. The van der Waals surface area contributed by atoms with Crippen molar-refractivity contribution in [2.24, 2.45) is 4.99 Å². The minimum atomic E-state index is 0.315. The van der Waals surface area contributed by atoms with Gasteiger partial charge in [-0.2, -0.15) is 5.26 Å². The van der Waals surface area contributed by atoms with E-state index in [0.29, 0.717) is 29.5 Å². The molecule has 3 heterocycles. The van der Waals surface area contributed by atoms with Gasteiger partial charge in [0.2, 0.25) is 0 Å². The number of pyridine rings is 1. The first-order chi connectivity index (χ1) is 12.6. The summed E-state index contributed by atoms with van der Waals surface area (Å²) in [7, 11) is 0. The van der Waals surface area contributed by atoms with Crippen LogP contribution in [0.1, 0.15) is 17.5 Å². The quantitative estimate of drug-likeness (QED) is 0.549. The molecule has 26 heavy (non-hydrogen) atoms. The van der Waals surface area contributed by atoms with Crippen LogP contribution in [-0.2, 0) is 6.42 Å². The maximum atomic E-state index is 9.01. The zero-order valence-electron chi connectivity index (χ0n) is 14.2. The predicted octanol–water partition coefficient (Wildman–Crippen LogP) is 3.91. The maximum Gasteiger partial charge on any atom is 0.181 e. The fraction of sp³-hybridized carbons (Fsp3) is 0.105. The van der Waals surface area contributed by atoms with Gasteiger partial charge in [0.15, 0.2) is 5.82 Å². The van der Waals surface area contributed by atoms with Crippen LogP contribution in [0.3, 0.4) is 0 Å². The molecule has 7 heteroatoms. The molecule has 0 aliphatic rings. The summed E-state index contributed by atoms with van der Waals surface area (Å²) in [5.41, 5.74) is 8.02. The molecule has 0 aromatic carbocycles. The number of aromatic nitrogens is 3. The number of allylic oxidation sites excluding steroid dienone is 3. The fourth-order valence-corrected chi connectivity index (χ4v) is 3.57. The molecule has 0 amide bonds. The van der Waals surface area contributed by atoms with Crippen molar-refractivity contribution < 1.29 is 0 Å². The second-order valence-corrected chi connectivity index (χ2v) is 6.56. The summed E-state index contributed by atoms with van der Waals surface area (Å²) in [5.74, 6) is 0.813. The van der Waals surface area contributed by atoms with E-state index in [0.717, 1.165) is 20.7 Å². The summed E-state index contributed by atoms with van der Waals surface area (Å²) in [5, 5.41) is 9.83. The van der Waals surface area contributed by atoms with Crippen LogP contribution in [0.5, 0.6) is 0 Å². The first kappa shape index (κ1) is 17.5. The third-order valence-corrected chi connectivity index (χ3v) is 4.61. The molecule has 3 aromatic rings. The summed E-state index contributed by atoms with van der Waals surface area (Å²) in [6, 6.07) is 9.16. The Morgan fingerprint density at radius 1 is 1.38 bits per heavy atom. The number of hydrogen-bond acceptors (Lipinski definition) is 7. The van der Waals surface area contributed by atoms with E-state index in [1.54, 1.807) is 35.7 Å². The molecular formula is C19H16N6S. The molecule has 3 rings (SSSR count). The zero-order valence-corrected chi connectivity index (χ0v) is 15.0. The predicted molar refractivity (Wildman–Crippen MR) is 106 cm³/mol. The molecular weight excluding hydrogens is 344 g/mol. The molecule has 0 bridgehead atoms. The molecule has 0 radical (unpaired) electrons. The number of aliphatic imine (C=N–C) groups is 1. The Morgan fingerprint density at radius 3 is 2.96 bits per heavy atom. The van der Waals surface area contributed by atoms with Crippen molar-refractivity contribution in [2.45, 2.75) is 13.3 Å². The highest BCUT2D eigenvalue weighted by Gasteiger charge is 2.13. The summed E-state index contributed by atoms with van der Waals surface area (Å²) >= 11 is 1.55. The highest BCUT2D eigenvalue weighted by atomic mass is 32.1. The summed E-state index contributed by atoms with van der Waals surface area (Å²) in [4.78, 5) is 18.9. The van der Waals surface area contributed by atoms with Crippen molar-refractivity contribution in [1.82, 2.24) is 15.0 Å². The standard InChI is InChI=1S/C19H16N6S/c1-3-5-12(11-22-2)8-14-9-15-17(21)24-18(25-19(15)26-14)16-7-4-6-13(10-20)23-16/h3-7,9,11H,2,8H2,1H3,(H2,21,24,25). The monoisotopic (exact) mass is 360 g/mol. The molecule has 0 unspecified atom stereocenters. The summed E-state index contributed by atoms with van der Waals surface area (Å²) in [6.45, 7) is 5.47. The van der Waals surface area contributed by atoms with Gasteiger partial charge in [0.1, 0.15) is 28.1 Å². The largest absolute Gasteiger partial charge is 0.383 e. The lowest BCUT2D eigenvalue weighted by Crippen LogP contribution is -1.98. The van der Waals surface area contributed by atoms with E-state index in [1.165, 1.54) is 0 Å². The van der Waals surface area contributed by atoms with Crippen LogP contribution in [0.25, 0.3) is 21.7 Å². The van der Waals surface area contributed by atoms with E-state index in [9.17, 15) is 0 Å². The molecule has 0 aliphatic heterocycles. The van der Waals surface area contributed by atoms with E-state index in [-0.39, 0.29) is 0 Å². The third kappa shape index (κ3) is 3.66. The Bertz CT molecular complexity index is 1070. The first-order valence-corrected chi connectivity index (χ1v) is 8.67. The Hall–Kier alpha value is -3.37. The van der Waals surface area contributed by atoms with Crippen LogP contribution < -0.4 is 5.73 Å². The van der Waals surface area contributed by atoms with Crippen molar-refractivity contribution in [3.05, 3.63) is 58.8 Å². The van der Waals surface area contributed by atoms with Gasteiger partial charge in [0.25, 0.3) is 0 Å². The number of nitrogen functional groups attached to an aromatic ring is 1. The molecule has 0 saturated heterocycles. The van der Waals surface area contributed by atoms with Crippen molar-refractivity contribution in [3.8, 4) is 17.6 Å². The van der Waals surface area contributed by atoms with E-state index in [1.807, 2.05) is 31.2 Å². The molecule has 3 aromatic heterocycles. The lowest BCUT2D eigenvalue weighted by Gasteiger charge is -2.01. The average Bonchev–Trinajstić information content (AvgIpc) is 3.05. The van der Waals surface area contributed by atoms with Gasteiger partial charge in [-0.05, 0) is 37.4 Å². The van der Waals surface area contributed by atoms with Gasteiger partial charge in [-0.25, -0.2) is 15.0 Å². The van der Waals surface area contributed by atoms with Crippen LogP contribution in [0, 0.1) is 11.3 Å². The average molecular weight is 360 g/mol. The maximum absolute atomic E-state index is 9.01. The number of nitriles is 1. The molecule has 6 nitrogen and oxygen atoms in total. The van der Waals surface area contributed by atoms with Gasteiger partial charge in [0, 0.05) is 17.5 Å². The normalized spacial score (nSPS) is 11.8. The number of anilines is 1. The second-order valence-electron chi connectivity index (χ2n) is 5.45. The van der Waals surface area contributed by atoms with Gasteiger partial charge >= 0.3 is 0 Å². The van der Waals surface area contributed by atoms with Gasteiger partial charge in [-0.15, -0.1) is 11.3 Å². The number of hydrogen-bond donors (Lipinski definition) is 1. The van der Waals surface area contributed by atoms with Gasteiger partial charge in [0.05, 0.1) is 5.39 Å². The Labute approximate surface area is 155 Å². The number of fused-ring (bicyclic) bond motifs is 1. The lowest BCUT2D eigenvalue weighted by molar-refractivity contribution is 1.17. The topological polar surface area (TPSA) is 101 Å². The third-order valence-electron chi connectivity index (χ3n) is 3.58. The molecule has 0 aliphatic carbocycles. The minimum absolute atomic E-state index is 0.315. The molecule has 0 spiro atoms. The van der Waals surface area contributed by atoms with Crippen molar-refractivity contribution in [2.75, 3.05) is 5.73 Å². The fourth-order valence-electron chi connectivity index (χ4n) is 2.50. The summed E-state index contributed by atoms with van der Waals surface area (Å²) < 4.78 is 0. The second kappa shape index (κ2) is 7.68. The van der Waals surface area contributed by atoms with Crippen molar-refractivity contribution in [1.29, 1.82) is 5.26 Å². The highest BCUT2D eigenvalue weighted by molar-refractivity contribution is 7.18. The Morgan fingerprint density at radius 2 is 2.23 bits per heavy atom. The molecule has 0 atom stereocenters. The van der Waals surface area contributed by atoms with Crippen molar-refractivity contribution in [3.63, 3.8) is 0 Å². The van der Waals surface area contributed by atoms with E-state index in [4.69, 9.17) is 11.0 Å². The van der Waals surface area contributed by atoms with Gasteiger partial charge in [-0.3, -0.25) is 4.99 Å². The molecule has 0 saturated carbocycles. The number of nitrogens with two attached hydrogens (primary N) is 1. The lowest BCUT2D eigenvalue weighted by atomic mass is 10.1. The van der Waals surface area contributed by atoms with E-state index in [2.05, 4.69) is 26.7 Å². The molecule has 128 valence electrons. The Kier molecular flexibility index (Phi) is 5.15. The van der Waals surface area contributed by atoms with Gasteiger partial charge in [-0.1, -0.05) is 18.2 Å². The number of rotatable bonds is 5. The van der Waals surface area contributed by atoms with Crippen molar-refractivity contribution >= 4 is 34.1 Å².